The minimum absolute atomic E-state index is 0.517. The number of methoxy groups -OCH3 is 1. The fourth-order valence-corrected chi connectivity index (χ4v) is 1.92. The molecular formula is C12H14ClN3O. The molecule has 0 bridgehead atoms. The molecule has 2 rings (SSSR count). The Morgan fingerprint density at radius 2 is 2.18 bits per heavy atom. The summed E-state index contributed by atoms with van der Waals surface area (Å²) in [4.78, 5) is 0. The Bertz CT molecular complexity index is 537. The topological polar surface area (TPSA) is 53.1 Å². The monoisotopic (exact) mass is 251 g/mol. The molecule has 0 saturated heterocycles. The van der Waals surface area contributed by atoms with Crippen LogP contribution in [-0.4, -0.2) is 16.9 Å². The first-order valence-corrected chi connectivity index (χ1v) is 5.60. The minimum atomic E-state index is 0.517. The third-order valence-electron chi connectivity index (χ3n) is 2.56. The van der Waals surface area contributed by atoms with E-state index < -0.39 is 0 Å². The lowest BCUT2D eigenvalue weighted by atomic mass is 10.2. The van der Waals surface area contributed by atoms with Crippen LogP contribution in [0.5, 0.6) is 5.75 Å². The predicted octanol–water partition coefficient (Wildman–Crippen LogP) is 2.48. The van der Waals surface area contributed by atoms with Crippen LogP contribution in [-0.2, 0) is 6.54 Å². The number of aryl methyl sites for hydroxylation is 1. The van der Waals surface area contributed by atoms with Crippen molar-refractivity contribution in [3.8, 4) is 5.75 Å². The van der Waals surface area contributed by atoms with Crippen molar-refractivity contribution >= 4 is 17.4 Å². The Labute approximate surface area is 105 Å². The van der Waals surface area contributed by atoms with Crippen LogP contribution in [0.25, 0.3) is 0 Å². The number of hydrogen-bond donors (Lipinski definition) is 1. The fraction of sp³-hybridized carbons (Fsp3) is 0.250. The second-order valence-electron chi connectivity index (χ2n) is 3.82. The molecule has 0 atom stereocenters. The van der Waals surface area contributed by atoms with Gasteiger partial charge in [-0.25, -0.2) is 0 Å². The van der Waals surface area contributed by atoms with Gasteiger partial charge in [0.25, 0.3) is 0 Å². The van der Waals surface area contributed by atoms with Crippen LogP contribution >= 0.6 is 11.6 Å². The summed E-state index contributed by atoms with van der Waals surface area (Å²) in [7, 11) is 1.64. The van der Waals surface area contributed by atoms with Crippen molar-refractivity contribution in [1.82, 2.24) is 9.78 Å². The molecule has 0 saturated carbocycles. The zero-order valence-corrected chi connectivity index (χ0v) is 10.5. The van der Waals surface area contributed by atoms with Crippen LogP contribution in [0, 0.1) is 6.92 Å². The largest absolute Gasteiger partial charge is 0.496 e. The zero-order chi connectivity index (χ0) is 12.4. The highest BCUT2D eigenvalue weighted by atomic mass is 35.5. The van der Waals surface area contributed by atoms with Gasteiger partial charge in [0.1, 0.15) is 11.6 Å². The highest BCUT2D eigenvalue weighted by Crippen LogP contribution is 2.23. The molecule has 5 heteroatoms. The van der Waals surface area contributed by atoms with E-state index in [0.717, 1.165) is 17.0 Å². The Balaban J connectivity index is 2.35. The van der Waals surface area contributed by atoms with E-state index in [1.54, 1.807) is 13.2 Å². The summed E-state index contributed by atoms with van der Waals surface area (Å²) in [6.07, 6.45) is 0. The number of ether oxygens (including phenoxy) is 1. The Morgan fingerprint density at radius 3 is 2.76 bits per heavy atom. The van der Waals surface area contributed by atoms with E-state index in [4.69, 9.17) is 22.1 Å². The first-order chi connectivity index (χ1) is 8.10. The van der Waals surface area contributed by atoms with E-state index in [-0.39, 0.29) is 0 Å². The van der Waals surface area contributed by atoms with Gasteiger partial charge in [0, 0.05) is 22.3 Å². The summed E-state index contributed by atoms with van der Waals surface area (Å²) in [5.41, 5.74) is 7.63. The standard InChI is InChI=1S/C12H14ClN3O/c1-8-5-12(14)15-16(8)7-9-6-10(13)3-4-11(9)17-2/h3-6H,7H2,1-2H3,(H2,14,15). The van der Waals surface area contributed by atoms with E-state index in [9.17, 15) is 0 Å². The van der Waals surface area contributed by atoms with Crippen molar-refractivity contribution in [2.45, 2.75) is 13.5 Å². The van der Waals surface area contributed by atoms with Gasteiger partial charge in [-0.1, -0.05) is 11.6 Å². The number of halogens is 1. The molecule has 2 aromatic rings. The molecule has 0 aliphatic carbocycles. The van der Waals surface area contributed by atoms with Gasteiger partial charge < -0.3 is 10.5 Å². The Morgan fingerprint density at radius 1 is 1.41 bits per heavy atom. The van der Waals surface area contributed by atoms with E-state index in [0.29, 0.717) is 17.4 Å². The summed E-state index contributed by atoms with van der Waals surface area (Å²) < 4.78 is 7.11. The molecule has 1 aromatic carbocycles. The van der Waals surface area contributed by atoms with Crippen molar-refractivity contribution in [3.05, 3.63) is 40.5 Å². The van der Waals surface area contributed by atoms with Crippen LogP contribution in [0.4, 0.5) is 5.82 Å². The van der Waals surface area contributed by atoms with Gasteiger partial charge in [-0.2, -0.15) is 5.10 Å². The lowest BCUT2D eigenvalue weighted by Gasteiger charge is -2.10. The number of nitrogen functional groups attached to an aromatic ring is 1. The predicted molar refractivity (Wildman–Crippen MR) is 68.5 cm³/mol. The smallest absolute Gasteiger partial charge is 0.145 e. The zero-order valence-electron chi connectivity index (χ0n) is 9.77. The maximum Gasteiger partial charge on any atom is 0.145 e. The summed E-state index contributed by atoms with van der Waals surface area (Å²) >= 11 is 5.98. The highest BCUT2D eigenvalue weighted by Gasteiger charge is 2.07. The molecule has 0 spiro atoms. The minimum Gasteiger partial charge on any atom is -0.496 e. The fourth-order valence-electron chi connectivity index (χ4n) is 1.73. The molecule has 0 aliphatic rings. The maximum absolute atomic E-state index is 5.98. The highest BCUT2D eigenvalue weighted by molar-refractivity contribution is 6.30. The molecular weight excluding hydrogens is 238 g/mol. The average Bonchev–Trinajstić information content (AvgIpc) is 2.58. The SMILES string of the molecule is COc1ccc(Cl)cc1Cn1nc(N)cc1C. The summed E-state index contributed by atoms with van der Waals surface area (Å²) in [5, 5.41) is 4.89. The van der Waals surface area contributed by atoms with E-state index in [2.05, 4.69) is 5.10 Å². The third-order valence-corrected chi connectivity index (χ3v) is 2.80. The quantitative estimate of drug-likeness (QED) is 0.912. The van der Waals surface area contributed by atoms with Crippen LogP contribution in [0.3, 0.4) is 0 Å². The van der Waals surface area contributed by atoms with Crippen molar-refractivity contribution in [2.75, 3.05) is 12.8 Å². The molecule has 2 N–H and O–H groups in total. The molecule has 90 valence electrons. The normalized spacial score (nSPS) is 10.5. The summed E-state index contributed by atoms with van der Waals surface area (Å²) in [5.74, 6) is 1.31. The van der Waals surface area contributed by atoms with Gasteiger partial charge in [0.2, 0.25) is 0 Å². The van der Waals surface area contributed by atoms with Gasteiger partial charge >= 0.3 is 0 Å². The van der Waals surface area contributed by atoms with Gasteiger partial charge in [-0.15, -0.1) is 0 Å². The number of anilines is 1. The first-order valence-electron chi connectivity index (χ1n) is 5.22. The van der Waals surface area contributed by atoms with Crippen molar-refractivity contribution in [1.29, 1.82) is 0 Å². The Kier molecular flexibility index (Phi) is 3.24. The van der Waals surface area contributed by atoms with Crippen LogP contribution in [0.1, 0.15) is 11.3 Å². The molecule has 0 aliphatic heterocycles. The lowest BCUT2D eigenvalue weighted by Crippen LogP contribution is -2.05. The molecule has 1 aromatic heterocycles. The van der Waals surface area contributed by atoms with Gasteiger partial charge in [-0.05, 0) is 25.1 Å². The maximum atomic E-state index is 5.98. The van der Waals surface area contributed by atoms with Crippen molar-refractivity contribution < 1.29 is 4.74 Å². The number of nitrogens with two attached hydrogens (primary N) is 1. The molecule has 1 heterocycles. The molecule has 0 fully saturated rings. The van der Waals surface area contributed by atoms with Gasteiger partial charge in [0.15, 0.2) is 0 Å². The lowest BCUT2D eigenvalue weighted by molar-refractivity contribution is 0.407. The van der Waals surface area contributed by atoms with E-state index in [1.807, 2.05) is 29.8 Å². The second kappa shape index (κ2) is 4.67. The number of hydrogen-bond acceptors (Lipinski definition) is 3. The summed E-state index contributed by atoms with van der Waals surface area (Å²) in [6, 6.07) is 7.35. The number of nitrogens with zero attached hydrogens (tertiary/aromatic N) is 2. The number of aromatic nitrogens is 2. The second-order valence-corrected chi connectivity index (χ2v) is 4.26. The molecule has 4 nitrogen and oxygen atoms in total. The molecule has 0 radical (unpaired) electrons. The van der Waals surface area contributed by atoms with E-state index >= 15 is 0 Å². The van der Waals surface area contributed by atoms with Crippen LogP contribution < -0.4 is 10.5 Å². The average molecular weight is 252 g/mol. The van der Waals surface area contributed by atoms with Crippen LogP contribution in [0.15, 0.2) is 24.3 Å². The summed E-state index contributed by atoms with van der Waals surface area (Å²) in [6.45, 7) is 2.55. The Hall–Kier alpha value is -1.68. The van der Waals surface area contributed by atoms with Gasteiger partial charge in [-0.3, -0.25) is 4.68 Å². The first kappa shape index (κ1) is 11.8. The molecule has 0 unspecified atom stereocenters. The molecule has 0 amide bonds. The van der Waals surface area contributed by atoms with E-state index in [1.165, 1.54) is 0 Å². The number of benzene rings is 1. The van der Waals surface area contributed by atoms with Crippen molar-refractivity contribution in [3.63, 3.8) is 0 Å². The van der Waals surface area contributed by atoms with Gasteiger partial charge in [0.05, 0.1) is 13.7 Å². The number of rotatable bonds is 3. The molecule has 17 heavy (non-hydrogen) atoms. The van der Waals surface area contributed by atoms with Crippen molar-refractivity contribution in [2.24, 2.45) is 0 Å². The van der Waals surface area contributed by atoms with Crippen LogP contribution in [0.2, 0.25) is 5.02 Å². The third kappa shape index (κ3) is 2.53.